The van der Waals surface area contributed by atoms with E-state index in [1.807, 2.05) is 0 Å². The van der Waals surface area contributed by atoms with E-state index in [1.54, 1.807) is 26.4 Å². The van der Waals surface area contributed by atoms with Crippen molar-refractivity contribution in [3.63, 3.8) is 0 Å². The van der Waals surface area contributed by atoms with Crippen molar-refractivity contribution in [2.75, 3.05) is 19.5 Å². The molecule has 2 aliphatic carbocycles. The molecule has 2 fully saturated rings. The lowest BCUT2D eigenvalue weighted by Gasteiger charge is -2.21. The highest BCUT2D eigenvalue weighted by Crippen LogP contribution is 2.49. The zero-order valence-electron chi connectivity index (χ0n) is 13.0. The minimum atomic E-state index is 0.0390. The third-order valence-electron chi connectivity index (χ3n) is 5.08. The van der Waals surface area contributed by atoms with Gasteiger partial charge in [-0.3, -0.25) is 4.79 Å². The van der Waals surface area contributed by atoms with E-state index in [0.717, 1.165) is 11.8 Å². The van der Waals surface area contributed by atoms with Crippen LogP contribution in [0.2, 0.25) is 5.02 Å². The number of ether oxygens (including phenoxy) is 2. The molecule has 2 saturated carbocycles. The number of rotatable bonds is 5. The number of halogens is 1. The van der Waals surface area contributed by atoms with E-state index in [4.69, 9.17) is 21.1 Å². The number of anilines is 1. The Morgan fingerprint density at radius 1 is 1.23 bits per heavy atom. The molecule has 0 radical (unpaired) electrons. The number of carbonyl (C=O) groups excluding carboxylic acids is 1. The highest BCUT2D eigenvalue weighted by atomic mass is 35.5. The predicted octanol–water partition coefficient (Wildman–Crippen LogP) is 4.12. The highest BCUT2D eigenvalue weighted by Gasteiger charge is 2.40. The summed E-state index contributed by atoms with van der Waals surface area (Å²) in [4.78, 5) is 12.3. The van der Waals surface area contributed by atoms with Crippen molar-refractivity contribution in [1.82, 2.24) is 0 Å². The van der Waals surface area contributed by atoms with Gasteiger partial charge in [-0.25, -0.2) is 0 Å². The van der Waals surface area contributed by atoms with Gasteiger partial charge in [-0.2, -0.15) is 0 Å². The molecule has 0 spiro atoms. The van der Waals surface area contributed by atoms with Crippen molar-refractivity contribution in [2.45, 2.75) is 32.1 Å². The number of carbonyl (C=O) groups is 1. The van der Waals surface area contributed by atoms with Crippen LogP contribution in [0, 0.1) is 17.8 Å². The van der Waals surface area contributed by atoms with Crippen LogP contribution in [0.1, 0.15) is 32.1 Å². The average Bonchev–Trinajstić information content (AvgIpc) is 3.10. The normalized spacial score (nSPS) is 26.0. The van der Waals surface area contributed by atoms with Crippen molar-refractivity contribution < 1.29 is 14.3 Å². The first kappa shape index (κ1) is 15.5. The maximum Gasteiger partial charge on any atom is 0.224 e. The Morgan fingerprint density at radius 2 is 2.00 bits per heavy atom. The molecule has 2 bridgehead atoms. The van der Waals surface area contributed by atoms with Gasteiger partial charge in [-0.1, -0.05) is 18.0 Å². The van der Waals surface area contributed by atoms with Gasteiger partial charge in [-0.15, -0.1) is 0 Å². The summed E-state index contributed by atoms with van der Waals surface area (Å²) in [5.74, 6) is 3.27. The molecule has 0 aliphatic heterocycles. The number of amides is 1. The Kier molecular flexibility index (Phi) is 4.48. The molecule has 0 heterocycles. The molecule has 4 nitrogen and oxygen atoms in total. The molecule has 1 amide bonds. The summed E-state index contributed by atoms with van der Waals surface area (Å²) in [6, 6.07) is 3.37. The molecular formula is C17H22ClNO3. The molecule has 1 aromatic carbocycles. The number of nitrogens with one attached hydrogen (secondary N) is 1. The molecule has 1 aromatic rings. The number of methoxy groups -OCH3 is 2. The van der Waals surface area contributed by atoms with Crippen LogP contribution in [-0.4, -0.2) is 20.1 Å². The maximum absolute atomic E-state index is 12.3. The van der Waals surface area contributed by atoms with Gasteiger partial charge >= 0.3 is 0 Å². The molecule has 3 unspecified atom stereocenters. The smallest absolute Gasteiger partial charge is 0.224 e. The third kappa shape index (κ3) is 3.02. The topological polar surface area (TPSA) is 47.6 Å². The summed E-state index contributed by atoms with van der Waals surface area (Å²) in [5.41, 5.74) is 0.599. The van der Waals surface area contributed by atoms with Crippen molar-refractivity contribution in [3.8, 4) is 11.5 Å². The molecule has 5 heteroatoms. The summed E-state index contributed by atoms with van der Waals surface area (Å²) >= 11 is 6.13. The lowest BCUT2D eigenvalue weighted by atomic mass is 9.86. The summed E-state index contributed by atoms with van der Waals surface area (Å²) in [7, 11) is 3.11. The van der Waals surface area contributed by atoms with Gasteiger partial charge in [-0.05, 0) is 43.1 Å². The van der Waals surface area contributed by atoms with Crippen LogP contribution in [-0.2, 0) is 4.79 Å². The first-order valence-corrected chi connectivity index (χ1v) is 8.20. The maximum atomic E-state index is 12.3. The second-order valence-corrected chi connectivity index (χ2v) is 6.78. The zero-order chi connectivity index (χ0) is 15.7. The van der Waals surface area contributed by atoms with Crippen LogP contribution >= 0.6 is 11.6 Å². The Morgan fingerprint density at radius 3 is 2.59 bits per heavy atom. The average molecular weight is 324 g/mol. The molecule has 3 rings (SSSR count). The lowest BCUT2D eigenvalue weighted by Crippen LogP contribution is -2.20. The van der Waals surface area contributed by atoms with E-state index in [2.05, 4.69) is 5.32 Å². The third-order valence-corrected chi connectivity index (χ3v) is 5.38. The molecule has 3 atom stereocenters. The molecular weight excluding hydrogens is 302 g/mol. The van der Waals surface area contributed by atoms with Gasteiger partial charge in [0.2, 0.25) is 5.91 Å². The first-order chi connectivity index (χ1) is 10.6. The van der Waals surface area contributed by atoms with Crippen LogP contribution in [0.4, 0.5) is 5.69 Å². The Hall–Kier alpha value is -1.42. The van der Waals surface area contributed by atoms with Crippen LogP contribution < -0.4 is 14.8 Å². The van der Waals surface area contributed by atoms with Crippen molar-refractivity contribution in [2.24, 2.45) is 17.8 Å². The number of hydrogen-bond donors (Lipinski definition) is 1. The fraction of sp³-hybridized carbons (Fsp3) is 0.588. The van der Waals surface area contributed by atoms with E-state index < -0.39 is 0 Å². The first-order valence-electron chi connectivity index (χ1n) is 7.82. The van der Waals surface area contributed by atoms with Crippen molar-refractivity contribution >= 4 is 23.2 Å². The highest BCUT2D eigenvalue weighted by molar-refractivity contribution is 6.32. The van der Waals surface area contributed by atoms with Crippen LogP contribution in [0.15, 0.2) is 12.1 Å². The second-order valence-electron chi connectivity index (χ2n) is 6.37. The minimum absolute atomic E-state index is 0.0390. The zero-order valence-corrected chi connectivity index (χ0v) is 13.8. The molecule has 120 valence electrons. The van der Waals surface area contributed by atoms with E-state index >= 15 is 0 Å². The fourth-order valence-corrected chi connectivity index (χ4v) is 4.26. The van der Waals surface area contributed by atoms with Gasteiger partial charge < -0.3 is 14.8 Å². The summed E-state index contributed by atoms with van der Waals surface area (Å²) in [5, 5.41) is 3.39. The van der Waals surface area contributed by atoms with Gasteiger partial charge in [0.25, 0.3) is 0 Å². The molecule has 22 heavy (non-hydrogen) atoms. The molecule has 2 aliphatic rings. The summed E-state index contributed by atoms with van der Waals surface area (Å²) in [6.07, 6.45) is 5.76. The summed E-state index contributed by atoms with van der Waals surface area (Å²) in [6.45, 7) is 0. The SMILES string of the molecule is COc1cc(OC)c(NC(=O)CC2CC3CCC2C3)cc1Cl. The van der Waals surface area contributed by atoms with Crippen LogP contribution in [0.3, 0.4) is 0 Å². The van der Waals surface area contributed by atoms with E-state index in [0.29, 0.717) is 34.5 Å². The largest absolute Gasteiger partial charge is 0.495 e. The lowest BCUT2D eigenvalue weighted by molar-refractivity contribution is -0.117. The van der Waals surface area contributed by atoms with E-state index in [1.165, 1.54) is 25.7 Å². The van der Waals surface area contributed by atoms with Crippen molar-refractivity contribution in [3.05, 3.63) is 17.2 Å². The van der Waals surface area contributed by atoms with Crippen molar-refractivity contribution in [1.29, 1.82) is 0 Å². The van der Waals surface area contributed by atoms with Gasteiger partial charge in [0.1, 0.15) is 11.5 Å². The quantitative estimate of drug-likeness (QED) is 0.886. The van der Waals surface area contributed by atoms with Crippen LogP contribution in [0.25, 0.3) is 0 Å². The summed E-state index contributed by atoms with van der Waals surface area (Å²) < 4.78 is 10.5. The molecule has 1 N–H and O–H groups in total. The Balaban J connectivity index is 1.67. The van der Waals surface area contributed by atoms with E-state index in [-0.39, 0.29) is 5.91 Å². The van der Waals surface area contributed by atoms with E-state index in [9.17, 15) is 4.79 Å². The Bertz CT molecular complexity index is 575. The number of benzene rings is 1. The molecule has 0 aromatic heterocycles. The fourth-order valence-electron chi connectivity index (χ4n) is 4.02. The molecule has 0 saturated heterocycles. The van der Waals surface area contributed by atoms with Gasteiger partial charge in [0.15, 0.2) is 0 Å². The van der Waals surface area contributed by atoms with Crippen LogP contribution in [0.5, 0.6) is 11.5 Å². The second kappa shape index (κ2) is 6.37. The van der Waals surface area contributed by atoms with Gasteiger partial charge in [0.05, 0.1) is 24.9 Å². The number of fused-ring (bicyclic) bond motifs is 2. The standard InChI is InChI=1S/C17H22ClNO3/c1-21-15-9-16(22-2)14(8-13(15)18)19-17(20)7-12-6-10-3-4-11(12)5-10/h8-12H,3-7H2,1-2H3,(H,19,20). The number of hydrogen-bond acceptors (Lipinski definition) is 3. The van der Waals surface area contributed by atoms with Gasteiger partial charge in [0, 0.05) is 12.5 Å². The monoisotopic (exact) mass is 323 g/mol. The Labute approximate surface area is 136 Å². The predicted molar refractivity (Wildman–Crippen MR) is 86.7 cm³/mol. The minimum Gasteiger partial charge on any atom is -0.495 e.